The minimum Gasteiger partial charge on any atom is -0.480 e. The Labute approximate surface area is 217 Å². The molecule has 202 valence electrons. The van der Waals surface area contributed by atoms with Gasteiger partial charge >= 0.3 is 29.8 Å². The highest BCUT2D eigenvalue weighted by atomic mass is 32.1. The number of nitrogens with zero attached hydrogens (tertiary/aromatic N) is 4. The monoisotopic (exact) mass is 540 g/mol. The van der Waals surface area contributed by atoms with Crippen molar-refractivity contribution in [1.82, 2.24) is 14.7 Å². The topological polar surface area (TPSA) is 209 Å². The molecule has 14 nitrogen and oxygen atoms in total. The average molecular weight is 541 g/mol. The molecule has 5 N–H and O–H groups in total. The number of thiocarbonyl (C=S) groups is 1. The highest BCUT2D eigenvalue weighted by Crippen LogP contribution is 2.16. The summed E-state index contributed by atoms with van der Waals surface area (Å²) in [6.07, 6.45) is 0.145. The zero-order chi connectivity index (χ0) is 28.0. The maximum Gasteiger partial charge on any atom is 0.317 e. The summed E-state index contributed by atoms with van der Waals surface area (Å²) in [5.74, 6) is -6.32. The second-order valence-corrected chi connectivity index (χ2v) is 8.23. The van der Waals surface area contributed by atoms with Gasteiger partial charge in [0, 0.05) is 25.7 Å². The van der Waals surface area contributed by atoms with Crippen LogP contribution in [-0.2, 0) is 30.4 Å². The van der Waals surface area contributed by atoms with E-state index < -0.39 is 68.6 Å². The molecule has 1 aromatic rings. The fourth-order valence-corrected chi connectivity index (χ4v) is 3.71. The minimum atomic E-state index is -1.28. The van der Waals surface area contributed by atoms with Crippen molar-refractivity contribution in [3.05, 3.63) is 29.8 Å². The number of hydrogen-bond donors (Lipinski definition) is 5. The number of isothiocyanates is 1. The van der Waals surface area contributed by atoms with Gasteiger partial charge in [0.25, 0.3) is 0 Å². The molecule has 0 aromatic heterocycles. The molecule has 0 unspecified atom stereocenters. The molecule has 0 heterocycles. The Hall–Kier alpha value is -3.75. The van der Waals surface area contributed by atoms with E-state index >= 15 is 0 Å². The lowest BCUT2D eigenvalue weighted by molar-refractivity contribution is -0.144. The van der Waals surface area contributed by atoms with Crippen molar-refractivity contribution >= 4 is 52.9 Å². The quantitative estimate of drug-likeness (QED) is 0.112. The van der Waals surface area contributed by atoms with Crippen molar-refractivity contribution in [2.24, 2.45) is 4.99 Å². The standard InChI is InChI=1S/C22H28N4O10S/c27-18(28)9-24(5-6-25(10-19(29)30)11-20(31)32)8-17(26(12-21(33)34)13-22(35)36)7-15-1-3-16(4-2-15)23-14-37/h1-4,17H,5-13H2,(H,27,28)(H,29,30)(H,31,32)(H,33,34)(H,35,36)/t17-/m1/s1. The molecule has 0 saturated carbocycles. The summed E-state index contributed by atoms with van der Waals surface area (Å²) < 4.78 is 0. The smallest absolute Gasteiger partial charge is 0.317 e. The second kappa shape index (κ2) is 16.1. The molecule has 37 heavy (non-hydrogen) atoms. The number of carboxylic acids is 5. The maximum atomic E-state index is 11.5. The molecule has 0 spiro atoms. The van der Waals surface area contributed by atoms with Crippen LogP contribution in [0.5, 0.6) is 0 Å². The molecule has 0 aliphatic carbocycles. The number of aliphatic imine (C=N–C) groups is 1. The number of carbonyl (C=O) groups is 5. The van der Waals surface area contributed by atoms with Crippen LogP contribution in [0.3, 0.4) is 0 Å². The van der Waals surface area contributed by atoms with E-state index in [-0.39, 0.29) is 26.1 Å². The molecule has 0 aliphatic heterocycles. The van der Waals surface area contributed by atoms with Crippen molar-refractivity contribution in [2.45, 2.75) is 12.5 Å². The molecule has 1 rings (SSSR count). The largest absolute Gasteiger partial charge is 0.480 e. The third kappa shape index (κ3) is 13.8. The normalized spacial score (nSPS) is 11.8. The van der Waals surface area contributed by atoms with E-state index in [1.807, 2.05) is 0 Å². The van der Waals surface area contributed by atoms with Gasteiger partial charge < -0.3 is 25.5 Å². The van der Waals surface area contributed by atoms with Crippen LogP contribution in [0.2, 0.25) is 0 Å². The molecule has 0 amide bonds. The Morgan fingerprint density at radius 1 is 0.730 bits per heavy atom. The number of benzene rings is 1. The van der Waals surface area contributed by atoms with E-state index in [0.717, 1.165) is 4.90 Å². The molecule has 0 aliphatic rings. The number of rotatable bonds is 19. The van der Waals surface area contributed by atoms with E-state index in [1.54, 1.807) is 24.3 Å². The van der Waals surface area contributed by atoms with Gasteiger partial charge in [-0.1, -0.05) is 12.1 Å². The zero-order valence-corrected chi connectivity index (χ0v) is 20.5. The lowest BCUT2D eigenvalue weighted by atomic mass is 10.0. The predicted octanol–water partition coefficient (Wildman–Crippen LogP) is -0.339. The molecule has 1 atom stereocenters. The second-order valence-electron chi connectivity index (χ2n) is 8.05. The highest BCUT2D eigenvalue weighted by molar-refractivity contribution is 7.78. The van der Waals surface area contributed by atoms with Crippen molar-refractivity contribution in [3.8, 4) is 0 Å². The molecule has 1 aromatic carbocycles. The van der Waals surface area contributed by atoms with E-state index in [9.17, 15) is 39.3 Å². The Morgan fingerprint density at radius 2 is 1.16 bits per heavy atom. The fourth-order valence-electron chi connectivity index (χ4n) is 3.61. The van der Waals surface area contributed by atoms with Crippen LogP contribution in [0.15, 0.2) is 29.3 Å². The van der Waals surface area contributed by atoms with E-state index in [0.29, 0.717) is 11.3 Å². The Bertz CT molecular complexity index is 981. The van der Waals surface area contributed by atoms with Crippen molar-refractivity contribution in [2.75, 3.05) is 52.4 Å². The summed E-state index contributed by atoms with van der Waals surface area (Å²) in [7, 11) is 0. The molecular formula is C22H28N4O10S. The first-order chi connectivity index (χ1) is 17.4. The van der Waals surface area contributed by atoms with Crippen molar-refractivity contribution < 1.29 is 49.5 Å². The first-order valence-electron chi connectivity index (χ1n) is 10.8. The first-order valence-corrected chi connectivity index (χ1v) is 11.2. The van der Waals surface area contributed by atoms with Crippen LogP contribution >= 0.6 is 12.2 Å². The van der Waals surface area contributed by atoms with Gasteiger partial charge in [-0.05, 0) is 36.3 Å². The van der Waals surface area contributed by atoms with Gasteiger partial charge in [0.05, 0.1) is 43.6 Å². The van der Waals surface area contributed by atoms with Crippen LogP contribution in [0.1, 0.15) is 5.56 Å². The van der Waals surface area contributed by atoms with E-state index in [4.69, 9.17) is 10.2 Å². The van der Waals surface area contributed by atoms with E-state index in [2.05, 4.69) is 22.4 Å². The Balaban J connectivity index is 3.24. The Morgan fingerprint density at radius 3 is 1.59 bits per heavy atom. The maximum absolute atomic E-state index is 11.5. The number of hydrogen-bond acceptors (Lipinski definition) is 10. The van der Waals surface area contributed by atoms with Gasteiger partial charge in [0.15, 0.2) is 0 Å². The summed E-state index contributed by atoms with van der Waals surface area (Å²) in [5, 5.41) is 48.4. The van der Waals surface area contributed by atoms with Gasteiger partial charge in [0.1, 0.15) is 0 Å². The molecule has 15 heteroatoms. The summed E-state index contributed by atoms with van der Waals surface area (Å²) in [5.41, 5.74) is 1.20. The summed E-state index contributed by atoms with van der Waals surface area (Å²) in [6, 6.07) is 5.85. The van der Waals surface area contributed by atoms with Crippen LogP contribution in [0.4, 0.5) is 5.69 Å². The van der Waals surface area contributed by atoms with Crippen LogP contribution < -0.4 is 0 Å². The van der Waals surface area contributed by atoms with Gasteiger partial charge in [-0.15, -0.1) is 0 Å². The van der Waals surface area contributed by atoms with Crippen LogP contribution in [-0.4, -0.2) is 134 Å². The molecular weight excluding hydrogens is 512 g/mol. The first kappa shape index (κ1) is 31.3. The van der Waals surface area contributed by atoms with Gasteiger partial charge in [-0.3, -0.25) is 38.7 Å². The average Bonchev–Trinajstić information content (AvgIpc) is 2.76. The molecule has 0 bridgehead atoms. The zero-order valence-electron chi connectivity index (χ0n) is 19.7. The SMILES string of the molecule is O=C(O)CN(CCN(CC(=O)O)C[C@@H](Cc1ccc(N=C=S)cc1)N(CC(=O)O)CC(=O)O)CC(=O)O. The lowest BCUT2D eigenvalue weighted by Crippen LogP contribution is -2.51. The summed E-state index contributed by atoms with van der Waals surface area (Å²) >= 11 is 4.57. The van der Waals surface area contributed by atoms with Gasteiger partial charge in [-0.25, -0.2) is 0 Å². The molecule has 0 fully saturated rings. The summed E-state index contributed by atoms with van der Waals surface area (Å²) in [4.78, 5) is 64.1. The summed E-state index contributed by atoms with van der Waals surface area (Å²) in [6.45, 7) is -3.23. The van der Waals surface area contributed by atoms with Crippen molar-refractivity contribution in [1.29, 1.82) is 0 Å². The lowest BCUT2D eigenvalue weighted by Gasteiger charge is -2.34. The third-order valence-corrected chi connectivity index (χ3v) is 5.14. The number of carboxylic acid groups (broad SMARTS) is 5. The highest BCUT2D eigenvalue weighted by Gasteiger charge is 2.27. The van der Waals surface area contributed by atoms with E-state index in [1.165, 1.54) is 9.80 Å². The Kier molecular flexibility index (Phi) is 13.6. The molecule has 0 radical (unpaired) electrons. The number of aliphatic carboxylic acids is 5. The van der Waals surface area contributed by atoms with Gasteiger partial charge in [-0.2, -0.15) is 4.99 Å². The minimum absolute atomic E-state index is 0.0698. The van der Waals surface area contributed by atoms with Gasteiger partial charge in [0.2, 0.25) is 0 Å². The fraction of sp³-hybridized carbons (Fsp3) is 0.455. The van der Waals surface area contributed by atoms with Crippen LogP contribution in [0.25, 0.3) is 0 Å². The van der Waals surface area contributed by atoms with Crippen molar-refractivity contribution in [3.63, 3.8) is 0 Å². The van der Waals surface area contributed by atoms with Crippen LogP contribution in [0, 0.1) is 0 Å². The third-order valence-electron chi connectivity index (χ3n) is 5.05. The predicted molar refractivity (Wildman–Crippen MR) is 131 cm³/mol. The molecule has 0 saturated heterocycles.